The predicted molar refractivity (Wildman–Crippen MR) is 91.3 cm³/mol. The molecule has 136 valence electrons. The number of nitrogens with zero attached hydrogens (tertiary/aromatic N) is 1. The van der Waals surface area contributed by atoms with Crippen LogP contribution in [0.25, 0.3) is 0 Å². The average Bonchev–Trinajstić information content (AvgIpc) is 2.54. The summed E-state index contributed by atoms with van der Waals surface area (Å²) >= 11 is 0. The Labute approximate surface area is 144 Å². The van der Waals surface area contributed by atoms with Gasteiger partial charge in [0.1, 0.15) is 6.73 Å². The highest BCUT2D eigenvalue weighted by atomic mass is 16.7. The minimum absolute atomic E-state index is 0.144. The highest BCUT2D eigenvalue weighted by Crippen LogP contribution is 2.23. The summed E-state index contributed by atoms with van der Waals surface area (Å²) in [6.45, 7) is 6.91. The fourth-order valence-electron chi connectivity index (χ4n) is 2.18. The van der Waals surface area contributed by atoms with Crippen LogP contribution in [0.5, 0.6) is 0 Å². The molecule has 24 heavy (non-hydrogen) atoms. The standard InChI is InChI=1S/C18H29NO5/c1-18(2,3)24-13-19(12-16(20)21-4)11-14-9-7-8-10-15(14)17(22-5)23-6/h7-10,17H,11-13H2,1-6H3. The van der Waals surface area contributed by atoms with Gasteiger partial charge in [0.25, 0.3) is 0 Å². The molecule has 1 aromatic rings. The number of ether oxygens (including phenoxy) is 4. The first kappa shape index (κ1) is 20.6. The van der Waals surface area contributed by atoms with Crippen molar-refractivity contribution in [1.82, 2.24) is 4.90 Å². The van der Waals surface area contributed by atoms with Gasteiger partial charge >= 0.3 is 5.97 Å². The van der Waals surface area contributed by atoms with Crippen molar-refractivity contribution in [3.63, 3.8) is 0 Å². The highest BCUT2D eigenvalue weighted by molar-refractivity contribution is 5.71. The number of methoxy groups -OCH3 is 3. The van der Waals surface area contributed by atoms with Gasteiger partial charge in [0.15, 0.2) is 6.29 Å². The van der Waals surface area contributed by atoms with Gasteiger partial charge in [0.2, 0.25) is 0 Å². The maximum absolute atomic E-state index is 11.7. The summed E-state index contributed by atoms with van der Waals surface area (Å²) in [5.74, 6) is -0.306. The predicted octanol–water partition coefficient (Wildman–Crippen LogP) is 2.73. The summed E-state index contributed by atoms with van der Waals surface area (Å²) in [5.41, 5.74) is 1.64. The topological polar surface area (TPSA) is 57.2 Å². The third kappa shape index (κ3) is 6.97. The molecule has 0 saturated carbocycles. The Hall–Kier alpha value is -1.47. The number of esters is 1. The molecule has 6 heteroatoms. The van der Waals surface area contributed by atoms with Crippen LogP contribution < -0.4 is 0 Å². The van der Waals surface area contributed by atoms with Crippen LogP contribution in [-0.4, -0.2) is 51.1 Å². The Kier molecular flexibility index (Phi) is 8.35. The zero-order chi connectivity index (χ0) is 18.2. The maximum atomic E-state index is 11.7. The number of carbonyl (C=O) groups excluding carboxylic acids is 1. The summed E-state index contributed by atoms with van der Waals surface area (Å²) in [7, 11) is 4.57. The van der Waals surface area contributed by atoms with Gasteiger partial charge < -0.3 is 18.9 Å². The molecular formula is C18H29NO5. The van der Waals surface area contributed by atoms with Crippen molar-refractivity contribution in [2.75, 3.05) is 34.6 Å². The van der Waals surface area contributed by atoms with E-state index in [1.807, 2.05) is 49.9 Å². The second kappa shape index (κ2) is 9.74. The van der Waals surface area contributed by atoms with Crippen LogP contribution in [0.2, 0.25) is 0 Å². The number of hydrogen-bond acceptors (Lipinski definition) is 6. The van der Waals surface area contributed by atoms with E-state index < -0.39 is 6.29 Å². The van der Waals surface area contributed by atoms with E-state index in [0.717, 1.165) is 11.1 Å². The molecule has 0 aromatic heterocycles. The lowest BCUT2D eigenvalue weighted by Crippen LogP contribution is -2.36. The summed E-state index contributed by atoms with van der Waals surface area (Å²) in [6.07, 6.45) is -0.454. The first-order valence-electron chi connectivity index (χ1n) is 7.87. The third-order valence-electron chi connectivity index (χ3n) is 3.39. The van der Waals surface area contributed by atoms with E-state index >= 15 is 0 Å². The van der Waals surface area contributed by atoms with E-state index in [1.54, 1.807) is 14.2 Å². The molecule has 0 amide bonds. The molecule has 0 aliphatic heterocycles. The molecule has 0 unspecified atom stereocenters. The molecule has 0 N–H and O–H groups in total. The summed E-state index contributed by atoms with van der Waals surface area (Å²) in [4.78, 5) is 13.6. The van der Waals surface area contributed by atoms with Crippen molar-refractivity contribution in [3.8, 4) is 0 Å². The van der Waals surface area contributed by atoms with E-state index in [4.69, 9.17) is 18.9 Å². The number of carbonyl (C=O) groups is 1. The van der Waals surface area contributed by atoms with Crippen molar-refractivity contribution < 1.29 is 23.7 Å². The SMILES string of the molecule is COC(=O)CN(COC(C)(C)C)Cc1ccccc1C(OC)OC. The van der Waals surface area contributed by atoms with Gasteiger partial charge in [-0.3, -0.25) is 9.69 Å². The van der Waals surface area contributed by atoms with Gasteiger partial charge in [-0.1, -0.05) is 24.3 Å². The zero-order valence-corrected chi connectivity index (χ0v) is 15.5. The lowest BCUT2D eigenvalue weighted by Gasteiger charge is -2.28. The van der Waals surface area contributed by atoms with Crippen LogP contribution in [0.4, 0.5) is 0 Å². The molecule has 6 nitrogen and oxygen atoms in total. The van der Waals surface area contributed by atoms with Gasteiger partial charge in [-0.15, -0.1) is 0 Å². The van der Waals surface area contributed by atoms with Crippen LogP contribution >= 0.6 is 0 Å². The van der Waals surface area contributed by atoms with Gasteiger partial charge in [-0.2, -0.15) is 0 Å². The van der Waals surface area contributed by atoms with E-state index in [1.165, 1.54) is 7.11 Å². The van der Waals surface area contributed by atoms with Gasteiger partial charge in [0, 0.05) is 26.3 Å². The number of rotatable bonds is 9. The molecular weight excluding hydrogens is 310 g/mol. The average molecular weight is 339 g/mol. The number of benzene rings is 1. The first-order chi connectivity index (χ1) is 11.3. The first-order valence-corrected chi connectivity index (χ1v) is 7.87. The lowest BCUT2D eigenvalue weighted by molar-refractivity contribution is -0.145. The Bertz CT molecular complexity index is 508. The molecule has 1 aromatic carbocycles. The summed E-state index contributed by atoms with van der Waals surface area (Å²) < 4.78 is 21.3. The highest BCUT2D eigenvalue weighted by Gasteiger charge is 2.20. The van der Waals surface area contributed by atoms with E-state index in [-0.39, 0.29) is 18.1 Å². The Morgan fingerprint density at radius 2 is 1.75 bits per heavy atom. The van der Waals surface area contributed by atoms with Gasteiger partial charge in [-0.25, -0.2) is 0 Å². The molecule has 0 heterocycles. The summed E-state index contributed by atoms with van der Waals surface area (Å²) in [5, 5.41) is 0. The van der Waals surface area contributed by atoms with Crippen molar-refractivity contribution in [3.05, 3.63) is 35.4 Å². The molecule has 0 radical (unpaired) electrons. The fourth-order valence-corrected chi connectivity index (χ4v) is 2.18. The van der Waals surface area contributed by atoms with E-state index in [2.05, 4.69) is 0 Å². The van der Waals surface area contributed by atoms with Crippen LogP contribution in [-0.2, 0) is 30.3 Å². The van der Waals surface area contributed by atoms with Crippen molar-refractivity contribution in [2.24, 2.45) is 0 Å². The van der Waals surface area contributed by atoms with Crippen molar-refractivity contribution >= 4 is 5.97 Å². The number of hydrogen-bond donors (Lipinski definition) is 0. The van der Waals surface area contributed by atoms with Crippen LogP contribution in [0.15, 0.2) is 24.3 Å². The molecule has 0 bridgehead atoms. The summed E-state index contributed by atoms with van der Waals surface area (Å²) in [6, 6.07) is 7.82. The van der Waals surface area contributed by atoms with E-state index in [0.29, 0.717) is 13.3 Å². The zero-order valence-electron chi connectivity index (χ0n) is 15.5. The second-order valence-corrected chi connectivity index (χ2v) is 6.45. The largest absolute Gasteiger partial charge is 0.468 e. The molecule has 0 spiro atoms. The molecule has 0 atom stereocenters. The van der Waals surface area contributed by atoms with Gasteiger partial charge in [-0.05, 0) is 26.3 Å². The fraction of sp³-hybridized carbons (Fsp3) is 0.611. The Morgan fingerprint density at radius 3 is 2.29 bits per heavy atom. The van der Waals surface area contributed by atoms with Crippen molar-refractivity contribution in [1.29, 1.82) is 0 Å². The second-order valence-electron chi connectivity index (χ2n) is 6.45. The Morgan fingerprint density at radius 1 is 1.12 bits per heavy atom. The molecule has 0 aliphatic carbocycles. The quantitative estimate of drug-likeness (QED) is 0.509. The normalized spacial score (nSPS) is 12.0. The minimum Gasteiger partial charge on any atom is -0.468 e. The van der Waals surface area contributed by atoms with Gasteiger partial charge in [0.05, 0.1) is 19.3 Å². The third-order valence-corrected chi connectivity index (χ3v) is 3.39. The smallest absolute Gasteiger partial charge is 0.319 e. The van der Waals surface area contributed by atoms with Crippen LogP contribution in [0.3, 0.4) is 0 Å². The molecule has 1 rings (SSSR count). The molecule has 0 aliphatic rings. The van der Waals surface area contributed by atoms with Crippen LogP contribution in [0.1, 0.15) is 38.2 Å². The minimum atomic E-state index is -0.454. The maximum Gasteiger partial charge on any atom is 0.319 e. The molecule has 0 fully saturated rings. The van der Waals surface area contributed by atoms with Crippen LogP contribution in [0, 0.1) is 0 Å². The Balaban J connectivity index is 2.94. The lowest BCUT2D eigenvalue weighted by atomic mass is 10.1. The molecule has 0 saturated heterocycles. The van der Waals surface area contributed by atoms with Crippen molar-refractivity contribution in [2.45, 2.75) is 39.2 Å². The monoisotopic (exact) mass is 339 g/mol. The van der Waals surface area contributed by atoms with E-state index in [9.17, 15) is 4.79 Å².